The molecule has 0 bridgehead atoms. The summed E-state index contributed by atoms with van der Waals surface area (Å²) in [5, 5.41) is 0. The van der Waals surface area contributed by atoms with Crippen LogP contribution in [0.1, 0.15) is 31.0 Å². The van der Waals surface area contributed by atoms with E-state index in [1.165, 1.54) is 18.2 Å². The normalized spacial score (nSPS) is 14.8. The van der Waals surface area contributed by atoms with Crippen LogP contribution in [-0.2, 0) is 12.8 Å². The maximum atomic E-state index is 13.4. The van der Waals surface area contributed by atoms with E-state index in [0.717, 1.165) is 55.0 Å². The Bertz CT molecular complexity index is 1070. The Morgan fingerprint density at radius 1 is 1.10 bits per heavy atom. The summed E-state index contributed by atoms with van der Waals surface area (Å²) in [6.07, 6.45) is 5.12. The number of halogens is 2. The highest BCUT2D eigenvalue weighted by Gasteiger charge is 2.21. The fourth-order valence-corrected chi connectivity index (χ4v) is 3.91. The first-order valence-electron chi connectivity index (χ1n) is 10.3. The maximum absolute atomic E-state index is 13.4. The lowest BCUT2D eigenvalue weighted by Crippen LogP contribution is -2.34. The third kappa shape index (κ3) is 4.56. The van der Waals surface area contributed by atoms with Crippen molar-refractivity contribution in [2.45, 2.75) is 32.6 Å². The van der Waals surface area contributed by atoms with E-state index in [0.29, 0.717) is 18.2 Å². The van der Waals surface area contributed by atoms with Gasteiger partial charge in [-0.3, -0.25) is 4.79 Å². The van der Waals surface area contributed by atoms with Crippen molar-refractivity contribution in [2.75, 3.05) is 18.0 Å². The average Bonchev–Trinajstić information content (AvgIpc) is 2.76. The number of H-pyrrole nitrogens is 1. The molecule has 0 atom stereocenters. The highest BCUT2D eigenvalue weighted by Crippen LogP contribution is 2.26. The van der Waals surface area contributed by atoms with Crippen molar-refractivity contribution in [1.82, 2.24) is 15.0 Å². The molecular formula is C23H24F2N4O. The van der Waals surface area contributed by atoms with Gasteiger partial charge in [-0.2, -0.15) is 0 Å². The van der Waals surface area contributed by atoms with Crippen LogP contribution in [0.15, 0.2) is 47.4 Å². The summed E-state index contributed by atoms with van der Waals surface area (Å²) in [6, 6.07) is 9.54. The van der Waals surface area contributed by atoms with Crippen LogP contribution in [0.4, 0.5) is 14.6 Å². The summed E-state index contributed by atoms with van der Waals surface area (Å²) in [6.45, 7) is 3.69. The third-order valence-corrected chi connectivity index (χ3v) is 5.63. The SMILES string of the molecule is CCc1cc(=O)[nH]c(-c2ccc(N3CCC(Cc4ccc(F)c(F)c4)CC3)nc2)n1. The molecule has 1 aromatic carbocycles. The van der Waals surface area contributed by atoms with Gasteiger partial charge >= 0.3 is 0 Å². The summed E-state index contributed by atoms with van der Waals surface area (Å²) in [4.78, 5) is 25.8. The van der Waals surface area contributed by atoms with Crippen molar-refractivity contribution in [3.63, 3.8) is 0 Å². The molecule has 1 fully saturated rings. The number of pyridine rings is 1. The molecule has 156 valence electrons. The first-order valence-corrected chi connectivity index (χ1v) is 10.3. The van der Waals surface area contributed by atoms with Crippen LogP contribution in [-0.4, -0.2) is 28.0 Å². The molecule has 0 amide bonds. The Kier molecular flexibility index (Phi) is 5.88. The molecule has 30 heavy (non-hydrogen) atoms. The topological polar surface area (TPSA) is 61.9 Å². The number of benzene rings is 1. The van der Waals surface area contributed by atoms with Gasteiger partial charge in [0, 0.05) is 36.6 Å². The van der Waals surface area contributed by atoms with E-state index in [1.807, 2.05) is 19.1 Å². The largest absolute Gasteiger partial charge is 0.357 e. The van der Waals surface area contributed by atoms with E-state index in [-0.39, 0.29) is 5.56 Å². The molecule has 5 nitrogen and oxygen atoms in total. The van der Waals surface area contributed by atoms with Crippen molar-refractivity contribution in [2.24, 2.45) is 5.92 Å². The summed E-state index contributed by atoms with van der Waals surface area (Å²) >= 11 is 0. The lowest BCUT2D eigenvalue weighted by Gasteiger charge is -2.33. The van der Waals surface area contributed by atoms with E-state index < -0.39 is 11.6 Å². The van der Waals surface area contributed by atoms with Gasteiger partial charge in [0.05, 0.1) is 0 Å². The molecule has 0 aliphatic carbocycles. The first-order chi connectivity index (χ1) is 14.5. The monoisotopic (exact) mass is 410 g/mol. The number of piperidine rings is 1. The Morgan fingerprint density at radius 3 is 2.57 bits per heavy atom. The second kappa shape index (κ2) is 8.73. The van der Waals surface area contributed by atoms with Crippen LogP contribution < -0.4 is 10.5 Å². The number of rotatable bonds is 5. The minimum absolute atomic E-state index is 0.163. The summed E-state index contributed by atoms with van der Waals surface area (Å²) < 4.78 is 26.5. The van der Waals surface area contributed by atoms with Gasteiger partial charge < -0.3 is 9.88 Å². The van der Waals surface area contributed by atoms with Crippen molar-refractivity contribution >= 4 is 5.82 Å². The minimum Gasteiger partial charge on any atom is -0.357 e. The van der Waals surface area contributed by atoms with Crippen molar-refractivity contribution < 1.29 is 8.78 Å². The van der Waals surface area contributed by atoms with E-state index in [1.54, 1.807) is 12.3 Å². The van der Waals surface area contributed by atoms with Crippen LogP contribution >= 0.6 is 0 Å². The molecule has 2 aromatic heterocycles. The number of nitrogens with zero attached hydrogens (tertiary/aromatic N) is 3. The number of aromatic amines is 1. The van der Waals surface area contributed by atoms with Crippen LogP contribution in [0.25, 0.3) is 11.4 Å². The Hall–Kier alpha value is -3.09. The lowest BCUT2D eigenvalue weighted by atomic mass is 9.90. The molecule has 1 aliphatic heterocycles. The standard InChI is InChI=1S/C23H24F2N4O/c1-2-18-13-22(30)28-23(27-18)17-4-6-21(26-14-17)29-9-7-15(8-10-29)11-16-3-5-19(24)20(25)12-16/h3-6,12-15H,2,7-11H2,1H3,(H,27,28,30). The van der Waals surface area contributed by atoms with Gasteiger partial charge in [-0.15, -0.1) is 0 Å². The van der Waals surface area contributed by atoms with Gasteiger partial charge in [0.25, 0.3) is 5.56 Å². The predicted molar refractivity (Wildman–Crippen MR) is 112 cm³/mol. The van der Waals surface area contributed by atoms with E-state index >= 15 is 0 Å². The number of aryl methyl sites for hydroxylation is 1. The Morgan fingerprint density at radius 2 is 1.90 bits per heavy atom. The van der Waals surface area contributed by atoms with Gasteiger partial charge in [0.15, 0.2) is 11.6 Å². The molecule has 0 radical (unpaired) electrons. The molecule has 1 saturated heterocycles. The molecule has 0 unspecified atom stereocenters. The average molecular weight is 410 g/mol. The molecule has 7 heteroatoms. The Balaban J connectivity index is 1.38. The van der Waals surface area contributed by atoms with Gasteiger partial charge in [0.2, 0.25) is 0 Å². The van der Waals surface area contributed by atoms with Gasteiger partial charge in [-0.1, -0.05) is 13.0 Å². The summed E-state index contributed by atoms with van der Waals surface area (Å²) in [5.74, 6) is 0.275. The number of nitrogens with one attached hydrogen (secondary N) is 1. The maximum Gasteiger partial charge on any atom is 0.251 e. The molecule has 0 spiro atoms. The van der Waals surface area contributed by atoms with Crippen molar-refractivity contribution in [1.29, 1.82) is 0 Å². The smallest absolute Gasteiger partial charge is 0.251 e. The van der Waals surface area contributed by atoms with Crippen molar-refractivity contribution in [3.8, 4) is 11.4 Å². The lowest BCUT2D eigenvalue weighted by molar-refractivity contribution is 0.401. The Labute approximate surface area is 173 Å². The fraction of sp³-hybridized carbons (Fsp3) is 0.348. The quantitative estimate of drug-likeness (QED) is 0.687. The van der Waals surface area contributed by atoms with Crippen LogP contribution in [0.2, 0.25) is 0 Å². The van der Waals surface area contributed by atoms with Crippen molar-refractivity contribution in [3.05, 3.63) is 75.8 Å². The molecule has 0 saturated carbocycles. The van der Waals surface area contributed by atoms with Gasteiger partial charge in [-0.05, 0) is 61.4 Å². The second-order valence-corrected chi connectivity index (χ2v) is 7.73. The molecule has 3 heterocycles. The van der Waals surface area contributed by atoms with Crippen LogP contribution in [0.5, 0.6) is 0 Å². The molecule has 3 aromatic rings. The highest BCUT2D eigenvalue weighted by atomic mass is 19.2. The van der Waals surface area contributed by atoms with Gasteiger partial charge in [0.1, 0.15) is 11.6 Å². The van der Waals surface area contributed by atoms with Crippen LogP contribution in [0.3, 0.4) is 0 Å². The second-order valence-electron chi connectivity index (χ2n) is 7.73. The summed E-state index contributed by atoms with van der Waals surface area (Å²) in [7, 11) is 0. The van der Waals surface area contributed by atoms with Gasteiger partial charge in [-0.25, -0.2) is 18.7 Å². The number of hydrogen-bond acceptors (Lipinski definition) is 4. The molecule has 1 aliphatic rings. The number of aromatic nitrogens is 3. The first kappa shape index (κ1) is 20.2. The zero-order chi connectivity index (χ0) is 21.1. The fourth-order valence-electron chi connectivity index (χ4n) is 3.91. The number of anilines is 1. The minimum atomic E-state index is -0.802. The molecule has 1 N–H and O–H groups in total. The zero-order valence-electron chi connectivity index (χ0n) is 16.9. The molecular weight excluding hydrogens is 386 g/mol. The number of hydrogen-bond donors (Lipinski definition) is 1. The summed E-state index contributed by atoms with van der Waals surface area (Å²) in [5.41, 5.74) is 2.20. The predicted octanol–water partition coefficient (Wildman–Crippen LogP) is 4.13. The third-order valence-electron chi connectivity index (χ3n) is 5.63. The molecule has 4 rings (SSSR count). The zero-order valence-corrected chi connectivity index (χ0v) is 16.9. The highest BCUT2D eigenvalue weighted by molar-refractivity contribution is 5.56. The van der Waals surface area contributed by atoms with E-state index in [4.69, 9.17) is 0 Å². The van der Waals surface area contributed by atoms with Crippen LogP contribution in [0, 0.1) is 17.6 Å². The van der Waals surface area contributed by atoms with E-state index in [9.17, 15) is 13.6 Å². The van der Waals surface area contributed by atoms with E-state index in [2.05, 4.69) is 19.9 Å².